The van der Waals surface area contributed by atoms with Gasteiger partial charge in [-0.25, -0.2) is 8.42 Å². The number of rotatable bonds is 7. The highest BCUT2D eigenvalue weighted by molar-refractivity contribution is 8.00. The lowest BCUT2D eigenvalue weighted by Gasteiger charge is -2.30. The SMILES string of the molecule is O=C(Nc1nnc(SCc2ccccc2)s1)C1CCN(S(=O)(=O)c2ccccc2)CC1. The highest BCUT2D eigenvalue weighted by Gasteiger charge is 2.32. The van der Waals surface area contributed by atoms with E-state index >= 15 is 0 Å². The third-order valence-corrected chi connectivity index (χ3v) is 9.00. The van der Waals surface area contributed by atoms with Gasteiger partial charge in [-0.1, -0.05) is 71.6 Å². The standard InChI is InChI=1S/C21H22N4O3S3/c26-19(22-20-23-24-21(30-20)29-15-16-7-3-1-4-8-16)17-11-13-25(14-12-17)31(27,28)18-9-5-2-6-10-18/h1-10,17H,11-15H2,(H,22,23,26). The molecular formula is C21H22N4O3S3. The number of hydrogen-bond acceptors (Lipinski definition) is 7. The molecule has 4 rings (SSSR count). The third kappa shape index (κ3) is 5.51. The molecule has 1 aliphatic rings. The number of aromatic nitrogens is 2. The topological polar surface area (TPSA) is 92.3 Å². The van der Waals surface area contributed by atoms with Gasteiger partial charge in [0.2, 0.25) is 21.1 Å². The summed E-state index contributed by atoms with van der Waals surface area (Å²) in [6.07, 6.45) is 0.957. The Morgan fingerprint density at radius 3 is 2.35 bits per heavy atom. The Balaban J connectivity index is 1.28. The van der Waals surface area contributed by atoms with Crippen LogP contribution in [-0.2, 0) is 20.6 Å². The van der Waals surface area contributed by atoms with Crippen molar-refractivity contribution in [2.45, 2.75) is 27.8 Å². The van der Waals surface area contributed by atoms with Crippen molar-refractivity contribution in [3.63, 3.8) is 0 Å². The fraction of sp³-hybridized carbons (Fsp3) is 0.286. The van der Waals surface area contributed by atoms with Gasteiger partial charge in [-0.15, -0.1) is 10.2 Å². The molecule has 31 heavy (non-hydrogen) atoms. The van der Waals surface area contributed by atoms with Crippen LogP contribution in [0.3, 0.4) is 0 Å². The Morgan fingerprint density at radius 2 is 1.68 bits per heavy atom. The van der Waals surface area contributed by atoms with Gasteiger partial charge in [0.05, 0.1) is 4.90 Å². The van der Waals surface area contributed by atoms with Gasteiger partial charge in [0.1, 0.15) is 0 Å². The summed E-state index contributed by atoms with van der Waals surface area (Å²) in [5.41, 5.74) is 1.20. The Labute approximate surface area is 189 Å². The summed E-state index contributed by atoms with van der Waals surface area (Å²) in [6, 6.07) is 18.5. The normalized spacial score (nSPS) is 15.6. The van der Waals surface area contributed by atoms with Crippen molar-refractivity contribution in [2.75, 3.05) is 18.4 Å². The smallest absolute Gasteiger partial charge is 0.243 e. The van der Waals surface area contributed by atoms with Gasteiger partial charge < -0.3 is 5.32 Å². The third-order valence-electron chi connectivity index (χ3n) is 5.05. The van der Waals surface area contributed by atoms with Crippen LogP contribution >= 0.6 is 23.1 Å². The molecule has 2 aromatic carbocycles. The van der Waals surface area contributed by atoms with Gasteiger partial charge in [-0.3, -0.25) is 4.79 Å². The van der Waals surface area contributed by atoms with E-state index in [-0.39, 0.29) is 16.7 Å². The maximum atomic E-state index is 12.7. The number of hydrogen-bond donors (Lipinski definition) is 1. The van der Waals surface area contributed by atoms with Gasteiger partial charge >= 0.3 is 0 Å². The number of anilines is 1. The van der Waals surface area contributed by atoms with Gasteiger partial charge in [0.15, 0.2) is 4.34 Å². The van der Waals surface area contributed by atoms with Crippen LogP contribution < -0.4 is 5.32 Å². The number of thioether (sulfide) groups is 1. The summed E-state index contributed by atoms with van der Waals surface area (Å²) in [6.45, 7) is 0.646. The zero-order valence-electron chi connectivity index (χ0n) is 16.7. The Bertz CT molecular complexity index is 1110. The summed E-state index contributed by atoms with van der Waals surface area (Å²) in [5, 5.41) is 11.5. The van der Waals surface area contributed by atoms with Crippen LogP contribution in [0.15, 0.2) is 69.9 Å². The highest BCUT2D eigenvalue weighted by atomic mass is 32.2. The monoisotopic (exact) mass is 474 g/mol. The second-order valence-electron chi connectivity index (χ2n) is 7.13. The second-order valence-corrected chi connectivity index (χ2v) is 11.3. The van der Waals surface area contributed by atoms with E-state index in [1.54, 1.807) is 42.1 Å². The first-order valence-corrected chi connectivity index (χ1v) is 13.1. The van der Waals surface area contributed by atoms with Crippen molar-refractivity contribution in [1.29, 1.82) is 0 Å². The summed E-state index contributed by atoms with van der Waals surface area (Å²) < 4.78 is 27.7. The van der Waals surface area contributed by atoms with Gasteiger partial charge in [0, 0.05) is 24.8 Å². The Morgan fingerprint density at radius 1 is 1.03 bits per heavy atom. The average Bonchev–Trinajstić information content (AvgIpc) is 3.26. The molecule has 1 fully saturated rings. The molecule has 0 bridgehead atoms. The summed E-state index contributed by atoms with van der Waals surface area (Å²) in [4.78, 5) is 12.9. The zero-order valence-corrected chi connectivity index (χ0v) is 19.1. The number of carbonyl (C=O) groups excluding carboxylic acids is 1. The van der Waals surface area contributed by atoms with E-state index < -0.39 is 10.0 Å². The van der Waals surface area contributed by atoms with Crippen molar-refractivity contribution in [2.24, 2.45) is 5.92 Å². The van der Waals surface area contributed by atoms with E-state index in [0.717, 1.165) is 10.1 Å². The first-order chi connectivity index (χ1) is 15.0. The van der Waals surface area contributed by atoms with E-state index in [0.29, 0.717) is 31.1 Å². The summed E-state index contributed by atoms with van der Waals surface area (Å²) in [5.74, 6) is 0.414. The second kappa shape index (κ2) is 9.90. The van der Waals surface area contributed by atoms with Crippen LogP contribution in [0, 0.1) is 5.92 Å². The molecule has 1 saturated heterocycles. The Kier molecular flexibility index (Phi) is 7.01. The minimum atomic E-state index is -3.52. The molecule has 7 nitrogen and oxygen atoms in total. The molecular weight excluding hydrogens is 452 g/mol. The predicted molar refractivity (Wildman–Crippen MR) is 122 cm³/mol. The minimum absolute atomic E-state index is 0.132. The predicted octanol–water partition coefficient (Wildman–Crippen LogP) is 3.87. The van der Waals surface area contributed by atoms with Gasteiger partial charge in [0.25, 0.3) is 0 Å². The van der Waals surface area contributed by atoms with Gasteiger partial charge in [-0.05, 0) is 30.5 Å². The average molecular weight is 475 g/mol. The molecule has 0 radical (unpaired) electrons. The van der Waals surface area contributed by atoms with Crippen LogP contribution in [0.1, 0.15) is 18.4 Å². The number of nitrogens with one attached hydrogen (secondary N) is 1. The number of benzene rings is 2. The molecule has 1 aliphatic heterocycles. The van der Waals surface area contributed by atoms with E-state index in [1.165, 1.54) is 21.2 Å². The zero-order chi connectivity index (χ0) is 21.7. The molecule has 162 valence electrons. The largest absolute Gasteiger partial charge is 0.300 e. The van der Waals surface area contributed by atoms with Crippen molar-refractivity contribution in [1.82, 2.24) is 14.5 Å². The number of amides is 1. The fourth-order valence-electron chi connectivity index (χ4n) is 3.35. The maximum absolute atomic E-state index is 12.7. The van der Waals surface area contributed by atoms with Crippen LogP contribution in [0.5, 0.6) is 0 Å². The highest BCUT2D eigenvalue weighted by Crippen LogP contribution is 2.29. The maximum Gasteiger partial charge on any atom is 0.243 e. The van der Waals surface area contributed by atoms with E-state index in [4.69, 9.17) is 0 Å². The molecule has 3 aromatic rings. The fourth-order valence-corrected chi connectivity index (χ4v) is 6.55. The lowest BCUT2D eigenvalue weighted by atomic mass is 9.97. The molecule has 2 heterocycles. The minimum Gasteiger partial charge on any atom is -0.300 e. The van der Waals surface area contributed by atoms with Crippen LogP contribution in [-0.4, -0.2) is 41.9 Å². The van der Waals surface area contributed by atoms with Crippen LogP contribution in [0.4, 0.5) is 5.13 Å². The molecule has 1 amide bonds. The summed E-state index contributed by atoms with van der Waals surface area (Å²) in [7, 11) is -3.52. The van der Waals surface area contributed by atoms with Crippen molar-refractivity contribution >= 4 is 44.2 Å². The molecule has 1 N–H and O–H groups in total. The lowest BCUT2D eigenvalue weighted by Crippen LogP contribution is -2.41. The molecule has 0 atom stereocenters. The first-order valence-electron chi connectivity index (χ1n) is 9.88. The van der Waals surface area contributed by atoms with E-state index in [2.05, 4.69) is 27.6 Å². The molecule has 10 heteroatoms. The van der Waals surface area contributed by atoms with E-state index in [1.807, 2.05) is 18.2 Å². The van der Waals surface area contributed by atoms with E-state index in [9.17, 15) is 13.2 Å². The Hall–Kier alpha value is -2.27. The molecule has 0 saturated carbocycles. The number of piperidine rings is 1. The number of carbonyl (C=O) groups is 1. The van der Waals surface area contributed by atoms with Crippen LogP contribution in [0.25, 0.3) is 0 Å². The molecule has 1 aromatic heterocycles. The quantitative estimate of drug-likeness (QED) is 0.413. The molecule has 0 spiro atoms. The van der Waals surface area contributed by atoms with Crippen LogP contribution in [0.2, 0.25) is 0 Å². The summed E-state index contributed by atoms with van der Waals surface area (Å²) >= 11 is 2.93. The van der Waals surface area contributed by atoms with Crippen molar-refractivity contribution < 1.29 is 13.2 Å². The molecule has 0 unspecified atom stereocenters. The number of nitrogens with zero attached hydrogens (tertiary/aromatic N) is 3. The van der Waals surface area contributed by atoms with Crippen molar-refractivity contribution in [3.05, 3.63) is 66.2 Å². The first kappa shape index (κ1) is 21.9. The van der Waals surface area contributed by atoms with Crippen molar-refractivity contribution in [3.8, 4) is 0 Å². The molecule has 0 aliphatic carbocycles. The lowest BCUT2D eigenvalue weighted by molar-refractivity contribution is -0.120. The number of sulfonamides is 1. The van der Waals surface area contributed by atoms with Gasteiger partial charge in [-0.2, -0.15) is 4.31 Å².